The van der Waals surface area contributed by atoms with Crippen LogP contribution in [0.2, 0.25) is 0 Å². The normalized spacial score (nSPS) is 10.9. The van der Waals surface area contributed by atoms with Crippen molar-refractivity contribution in [3.8, 4) is 0 Å². The van der Waals surface area contributed by atoms with Crippen molar-refractivity contribution in [1.29, 1.82) is 0 Å². The maximum Gasteiger partial charge on any atom is 0.330 e. The SMILES string of the molecule is Cc1cccc(NCC(=O)N(CC(C)C)c2c(N)n(Cc3ccccc3)c(=O)[nH]c2=O)c1C. The van der Waals surface area contributed by atoms with Crippen LogP contribution in [0, 0.1) is 19.8 Å². The van der Waals surface area contributed by atoms with Gasteiger partial charge in [0.2, 0.25) is 5.91 Å². The molecule has 0 aliphatic rings. The summed E-state index contributed by atoms with van der Waals surface area (Å²) in [5.74, 6) is -0.275. The van der Waals surface area contributed by atoms with E-state index in [2.05, 4.69) is 10.3 Å². The smallest absolute Gasteiger partial charge is 0.330 e. The number of benzene rings is 2. The number of aromatic amines is 1. The molecule has 0 spiro atoms. The number of hydrogen-bond donors (Lipinski definition) is 3. The molecule has 174 valence electrons. The van der Waals surface area contributed by atoms with E-state index >= 15 is 0 Å². The first kappa shape index (κ1) is 23.8. The van der Waals surface area contributed by atoms with E-state index in [0.717, 1.165) is 22.4 Å². The third-order valence-corrected chi connectivity index (χ3v) is 5.55. The highest BCUT2D eigenvalue weighted by Gasteiger charge is 2.25. The molecule has 1 amide bonds. The number of amides is 1. The van der Waals surface area contributed by atoms with E-state index in [-0.39, 0.29) is 43.0 Å². The number of H-pyrrole nitrogens is 1. The van der Waals surface area contributed by atoms with Crippen molar-refractivity contribution in [2.45, 2.75) is 34.2 Å². The summed E-state index contributed by atoms with van der Waals surface area (Å²) >= 11 is 0. The summed E-state index contributed by atoms with van der Waals surface area (Å²) in [5, 5.41) is 3.17. The first-order valence-corrected chi connectivity index (χ1v) is 11.0. The van der Waals surface area contributed by atoms with Crippen molar-refractivity contribution in [2.75, 3.05) is 29.0 Å². The van der Waals surface area contributed by atoms with Gasteiger partial charge in [-0.05, 0) is 42.5 Å². The lowest BCUT2D eigenvalue weighted by Crippen LogP contribution is -2.44. The number of aryl methyl sites for hydroxylation is 1. The van der Waals surface area contributed by atoms with Crippen molar-refractivity contribution in [2.24, 2.45) is 5.92 Å². The standard InChI is InChI=1S/C25H31N5O3/c1-16(2)14-29(21(31)13-27-20-12-8-9-17(3)18(20)4)22-23(26)30(25(33)28-24(22)32)15-19-10-6-5-7-11-19/h5-12,16,27H,13-15,26H2,1-4H3,(H,28,32,33). The third kappa shape index (κ3) is 5.52. The quantitative estimate of drug-likeness (QED) is 0.489. The van der Waals surface area contributed by atoms with Crippen LogP contribution in [0.5, 0.6) is 0 Å². The molecule has 1 aromatic heterocycles. The van der Waals surface area contributed by atoms with Gasteiger partial charge in [-0.15, -0.1) is 0 Å². The Morgan fingerprint density at radius 3 is 2.45 bits per heavy atom. The molecule has 0 aliphatic carbocycles. The van der Waals surface area contributed by atoms with Gasteiger partial charge < -0.3 is 16.0 Å². The molecular weight excluding hydrogens is 418 g/mol. The summed E-state index contributed by atoms with van der Waals surface area (Å²) in [6, 6.07) is 15.1. The summed E-state index contributed by atoms with van der Waals surface area (Å²) in [5.41, 5.74) is 8.89. The Morgan fingerprint density at radius 2 is 1.79 bits per heavy atom. The van der Waals surface area contributed by atoms with Crippen molar-refractivity contribution in [3.63, 3.8) is 0 Å². The molecule has 1 heterocycles. The lowest BCUT2D eigenvalue weighted by molar-refractivity contribution is -0.117. The molecule has 3 rings (SSSR count). The Hall–Kier alpha value is -3.81. The highest BCUT2D eigenvalue weighted by molar-refractivity contribution is 5.98. The van der Waals surface area contributed by atoms with Crippen LogP contribution < -0.4 is 27.2 Å². The molecule has 0 saturated heterocycles. The highest BCUT2D eigenvalue weighted by Crippen LogP contribution is 2.21. The fourth-order valence-electron chi connectivity index (χ4n) is 3.65. The van der Waals surface area contributed by atoms with Crippen LogP contribution in [0.3, 0.4) is 0 Å². The van der Waals surface area contributed by atoms with Crippen molar-refractivity contribution < 1.29 is 4.79 Å². The number of hydrogen-bond acceptors (Lipinski definition) is 5. The number of carbonyl (C=O) groups excluding carboxylic acids is 1. The summed E-state index contributed by atoms with van der Waals surface area (Å²) in [7, 11) is 0. The molecule has 0 radical (unpaired) electrons. The van der Waals surface area contributed by atoms with E-state index < -0.39 is 11.2 Å². The Balaban J connectivity index is 1.96. The maximum atomic E-state index is 13.3. The number of nitrogen functional groups attached to an aromatic ring is 1. The number of anilines is 3. The Bertz CT molecular complexity index is 1250. The second-order valence-corrected chi connectivity index (χ2v) is 8.56. The van der Waals surface area contributed by atoms with E-state index in [1.54, 1.807) is 0 Å². The largest absolute Gasteiger partial charge is 0.383 e. The minimum absolute atomic E-state index is 0.00741. The molecule has 8 nitrogen and oxygen atoms in total. The lowest BCUT2D eigenvalue weighted by atomic mass is 10.1. The number of nitrogens with zero attached hydrogens (tertiary/aromatic N) is 2. The second-order valence-electron chi connectivity index (χ2n) is 8.56. The Labute approximate surface area is 193 Å². The molecule has 0 fully saturated rings. The van der Waals surface area contributed by atoms with Crippen LogP contribution in [0.4, 0.5) is 17.2 Å². The number of aromatic nitrogens is 2. The van der Waals surface area contributed by atoms with Crippen LogP contribution in [0.25, 0.3) is 0 Å². The first-order valence-electron chi connectivity index (χ1n) is 11.0. The molecule has 0 atom stereocenters. The number of nitrogens with one attached hydrogen (secondary N) is 2. The predicted molar refractivity (Wildman–Crippen MR) is 133 cm³/mol. The third-order valence-electron chi connectivity index (χ3n) is 5.55. The van der Waals surface area contributed by atoms with Crippen LogP contribution in [-0.2, 0) is 11.3 Å². The first-order chi connectivity index (χ1) is 15.7. The summed E-state index contributed by atoms with van der Waals surface area (Å²) in [6.07, 6.45) is 0. The zero-order valence-electron chi connectivity index (χ0n) is 19.5. The van der Waals surface area contributed by atoms with Crippen molar-refractivity contribution in [3.05, 3.63) is 86.1 Å². The molecule has 0 aliphatic heterocycles. The van der Waals surface area contributed by atoms with Gasteiger partial charge in [0.1, 0.15) is 5.82 Å². The van der Waals surface area contributed by atoms with Gasteiger partial charge in [-0.25, -0.2) is 4.79 Å². The molecule has 0 unspecified atom stereocenters. The predicted octanol–water partition coefficient (Wildman–Crippen LogP) is 2.89. The van der Waals surface area contributed by atoms with Crippen LogP contribution in [0.1, 0.15) is 30.5 Å². The fraction of sp³-hybridized carbons (Fsp3) is 0.320. The molecule has 8 heteroatoms. The summed E-state index contributed by atoms with van der Waals surface area (Å²) in [4.78, 5) is 42.3. The average molecular weight is 450 g/mol. The van der Waals surface area contributed by atoms with Gasteiger partial charge in [0.25, 0.3) is 5.56 Å². The molecule has 4 N–H and O–H groups in total. The van der Waals surface area contributed by atoms with Gasteiger partial charge >= 0.3 is 5.69 Å². The monoisotopic (exact) mass is 449 g/mol. The maximum absolute atomic E-state index is 13.3. The highest BCUT2D eigenvalue weighted by atomic mass is 16.2. The zero-order valence-corrected chi connectivity index (χ0v) is 19.5. The molecule has 0 bridgehead atoms. The summed E-state index contributed by atoms with van der Waals surface area (Å²) < 4.78 is 1.28. The second kappa shape index (κ2) is 10.2. The minimum Gasteiger partial charge on any atom is -0.383 e. The van der Waals surface area contributed by atoms with E-state index in [4.69, 9.17) is 5.73 Å². The Morgan fingerprint density at radius 1 is 1.09 bits per heavy atom. The van der Waals surface area contributed by atoms with Crippen LogP contribution >= 0.6 is 0 Å². The van der Waals surface area contributed by atoms with Gasteiger partial charge in [-0.1, -0.05) is 56.3 Å². The van der Waals surface area contributed by atoms with Gasteiger partial charge in [0.05, 0.1) is 13.1 Å². The van der Waals surface area contributed by atoms with Gasteiger partial charge in [0, 0.05) is 12.2 Å². The van der Waals surface area contributed by atoms with Crippen LogP contribution in [0.15, 0.2) is 58.1 Å². The molecular formula is C25H31N5O3. The van der Waals surface area contributed by atoms with Crippen molar-refractivity contribution >= 4 is 23.1 Å². The molecule has 3 aromatic rings. The molecule has 33 heavy (non-hydrogen) atoms. The number of carbonyl (C=O) groups is 1. The molecule has 0 saturated carbocycles. The zero-order chi connectivity index (χ0) is 24.1. The van der Waals surface area contributed by atoms with Gasteiger partial charge in [-0.2, -0.15) is 0 Å². The molecule has 2 aromatic carbocycles. The number of nitrogens with two attached hydrogens (primary N) is 1. The lowest BCUT2D eigenvalue weighted by Gasteiger charge is -2.26. The van der Waals surface area contributed by atoms with E-state index in [1.165, 1.54) is 9.47 Å². The van der Waals surface area contributed by atoms with Crippen molar-refractivity contribution in [1.82, 2.24) is 9.55 Å². The fourth-order valence-corrected chi connectivity index (χ4v) is 3.65. The van der Waals surface area contributed by atoms with E-state index in [1.807, 2.05) is 76.2 Å². The summed E-state index contributed by atoms with van der Waals surface area (Å²) in [6.45, 7) is 8.32. The Kier molecular flexibility index (Phi) is 7.37. The topological polar surface area (TPSA) is 113 Å². The van der Waals surface area contributed by atoms with Gasteiger partial charge in [-0.3, -0.25) is 19.1 Å². The average Bonchev–Trinajstić information content (AvgIpc) is 2.77. The van der Waals surface area contributed by atoms with E-state index in [9.17, 15) is 14.4 Å². The van der Waals surface area contributed by atoms with Gasteiger partial charge in [0.15, 0.2) is 5.69 Å². The minimum atomic E-state index is -0.678. The van der Waals surface area contributed by atoms with Crippen LogP contribution in [-0.4, -0.2) is 28.5 Å². The van der Waals surface area contributed by atoms with E-state index in [0.29, 0.717) is 0 Å². The number of rotatable bonds is 8.